The number of hydrogen-bond donors (Lipinski definition) is 2. The minimum Gasteiger partial charge on any atom is -0.479 e. The van der Waals surface area contributed by atoms with Crippen molar-refractivity contribution in [2.75, 3.05) is 5.32 Å². The van der Waals surface area contributed by atoms with E-state index in [-0.39, 0.29) is 5.56 Å². The Morgan fingerprint density at radius 1 is 1.05 bits per heavy atom. The second-order valence-electron chi connectivity index (χ2n) is 3.92. The van der Waals surface area contributed by atoms with Crippen molar-refractivity contribution in [3.63, 3.8) is 0 Å². The van der Waals surface area contributed by atoms with Gasteiger partial charge in [0, 0.05) is 11.3 Å². The SMILES string of the molecule is O=C(O)C(Nc1ccccc1)c1cccc(F)c1F. The van der Waals surface area contributed by atoms with Crippen LogP contribution in [0.15, 0.2) is 48.5 Å². The van der Waals surface area contributed by atoms with Gasteiger partial charge >= 0.3 is 5.97 Å². The van der Waals surface area contributed by atoms with Crippen LogP contribution in [0.2, 0.25) is 0 Å². The van der Waals surface area contributed by atoms with Gasteiger partial charge in [-0.05, 0) is 18.2 Å². The number of para-hydroxylation sites is 1. The molecule has 0 fully saturated rings. The number of anilines is 1. The van der Waals surface area contributed by atoms with E-state index in [1.807, 2.05) is 0 Å². The maximum Gasteiger partial charge on any atom is 0.330 e. The molecule has 0 saturated heterocycles. The molecule has 0 amide bonds. The third-order valence-electron chi connectivity index (χ3n) is 2.62. The van der Waals surface area contributed by atoms with E-state index in [4.69, 9.17) is 5.11 Å². The molecule has 5 heteroatoms. The van der Waals surface area contributed by atoms with Crippen LogP contribution >= 0.6 is 0 Å². The van der Waals surface area contributed by atoms with Gasteiger partial charge in [0.1, 0.15) is 0 Å². The summed E-state index contributed by atoms with van der Waals surface area (Å²) in [5.74, 6) is -3.51. The monoisotopic (exact) mass is 263 g/mol. The van der Waals surface area contributed by atoms with E-state index in [2.05, 4.69) is 5.32 Å². The number of carbonyl (C=O) groups is 1. The summed E-state index contributed by atoms with van der Waals surface area (Å²) in [5.41, 5.74) is 0.273. The van der Waals surface area contributed by atoms with Crippen molar-refractivity contribution in [2.24, 2.45) is 0 Å². The van der Waals surface area contributed by atoms with Crippen molar-refractivity contribution in [3.05, 3.63) is 65.7 Å². The zero-order valence-corrected chi connectivity index (χ0v) is 9.81. The highest BCUT2D eigenvalue weighted by Gasteiger charge is 2.24. The van der Waals surface area contributed by atoms with Gasteiger partial charge in [-0.3, -0.25) is 0 Å². The molecule has 0 saturated carbocycles. The highest BCUT2D eigenvalue weighted by molar-refractivity contribution is 5.79. The van der Waals surface area contributed by atoms with Gasteiger partial charge in [-0.1, -0.05) is 30.3 Å². The number of aliphatic carboxylic acids is 1. The Kier molecular flexibility index (Phi) is 3.75. The second-order valence-corrected chi connectivity index (χ2v) is 3.92. The fraction of sp³-hybridized carbons (Fsp3) is 0.0714. The molecule has 98 valence electrons. The molecule has 0 bridgehead atoms. The van der Waals surface area contributed by atoms with E-state index < -0.39 is 23.6 Å². The first kappa shape index (κ1) is 13.0. The van der Waals surface area contributed by atoms with Gasteiger partial charge in [0.25, 0.3) is 0 Å². The maximum absolute atomic E-state index is 13.6. The number of hydrogen-bond acceptors (Lipinski definition) is 2. The first-order valence-corrected chi connectivity index (χ1v) is 5.58. The molecule has 0 aliphatic rings. The van der Waals surface area contributed by atoms with Gasteiger partial charge in [-0.2, -0.15) is 0 Å². The van der Waals surface area contributed by atoms with Crippen LogP contribution in [-0.4, -0.2) is 11.1 Å². The Morgan fingerprint density at radius 3 is 2.37 bits per heavy atom. The van der Waals surface area contributed by atoms with Gasteiger partial charge in [-0.25, -0.2) is 13.6 Å². The fourth-order valence-corrected chi connectivity index (χ4v) is 1.72. The van der Waals surface area contributed by atoms with E-state index >= 15 is 0 Å². The lowest BCUT2D eigenvalue weighted by molar-refractivity contribution is -0.138. The molecule has 2 aromatic rings. The normalized spacial score (nSPS) is 11.9. The summed E-state index contributed by atoms with van der Waals surface area (Å²) in [5, 5.41) is 11.8. The Morgan fingerprint density at radius 2 is 1.74 bits per heavy atom. The zero-order valence-electron chi connectivity index (χ0n) is 9.81. The van der Waals surface area contributed by atoms with Crippen molar-refractivity contribution in [2.45, 2.75) is 6.04 Å². The molecule has 0 aliphatic heterocycles. The first-order valence-electron chi connectivity index (χ1n) is 5.58. The minimum atomic E-state index is -1.35. The van der Waals surface area contributed by atoms with Crippen LogP contribution < -0.4 is 5.32 Å². The molecule has 0 spiro atoms. The van der Waals surface area contributed by atoms with Crippen LogP contribution in [0.5, 0.6) is 0 Å². The molecule has 19 heavy (non-hydrogen) atoms. The van der Waals surface area contributed by atoms with E-state index in [1.54, 1.807) is 30.3 Å². The molecule has 0 radical (unpaired) electrons. The van der Waals surface area contributed by atoms with E-state index in [0.717, 1.165) is 6.07 Å². The van der Waals surface area contributed by atoms with Crippen molar-refractivity contribution >= 4 is 11.7 Å². The quantitative estimate of drug-likeness (QED) is 0.890. The summed E-state index contributed by atoms with van der Waals surface area (Å²) in [6.45, 7) is 0. The lowest BCUT2D eigenvalue weighted by atomic mass is 10.1. The van der Waals surface area contributed by atoms with Crippen LogP contribution in [0.4, 0.5) is 14.5 Å². The van der Waals surface area contributed by atoms with E-state index in [0.29, 0.717) is 5.69 Å². The van der Waals surface area contributed by atoms with Gasteiger partial charge in [-0.15, -0.1) is 0 Å². The average Bonchev–Trinajstić information content (AvgIpc) is 2.40. The third kappa shape index (κ3) is 2.88. The lowest BCUT2D eigenvalue weighted by Gasteiger charge is -2.16. The van der Waals surface area contributed by atoms with E-state index in [9.17, 15) is 13.6 Å². The minimum absolute atomic E-state index is 0.239. The van der Waals surface area contributed by atoms with Gasteiger partial charge in [0.15, 0.2) is 17.7 Å². The molecule has 0 aromatic heterocycles. The fourth-order valence-electron chi connectivity index (χ4n) is 1.72. The van der Waals surface area contributed by atoms with Crippen LogP contribution in [0.3, 0.4) is 0 Å². The van der Waals surface area contributed by atoms with Crippen LogP contribution in [0, 0.1) is 11.6 Å². The number of carboxylic acids is 1. The summed E-state index contributed by atoms with van der Waals surface area (Å²) in [6.07, 6.45) is 0. The van der Waals surface area contributed by atoms with Crippen LogP contribution in [0.1, 0.15) is 11.6 Å². The Bertz CT molecular complexity index is 587. The Hall–Kier alpha value is -2.43. The van der Waals surface area contributed by atoms with Gasteiger partial charge in [0.2, 0.25) is 0 Å². The highest BCUT2D eigenvalue weighted by Crippen LogP contribution is 2.23. The topological polar surface area (TPSA) is 49.3 Å². The predicted molar refractivity (Wildman–Crippen MR) is 66.8 cm³/mol. The molecular formula is C14H11F2NO2. The highest BCUT2D eigenvalue weighted by atomic mass is 19.2. The summed E-state index contributed by atoms with van der Waals surface area (Å²) in [6, 6.07) is 10.6. The summed E-state index contributed by atoms with van der Waals surface area (Å²) in [4.78, 5) is 11.2. The maximum atomic E-state index is 13.6. The number of halogens is 2. The number of nitrogens with one attached hydrogen (secondary N) is 1. The van der Waals surface area contributed by atoms with Crippen molar-refractivity contribution in [1.29, 1.82) is 0 Å². The molecule has 2 aromatic carbocycles. The number of carboxylic acid groups (broad SMARTS) is 1. The smallest absolute Gasteiger partial charge is 0.330 e. The van der Waals surface area contributed by atoms with Crippen LogP contribution in [0.25, 0.3) is 0 Å². The zero-order chi connectivity index (χ0) is 13.8. The largest absolute Gasteiger partial charge is 0.479 e. The standard InChI is InChI=1S/C14H11F2NO2/c15-11-8-4-7-10(12(11)16)13(14(18)19)17-9-5-2-1-3-6-9/h1-8,13,17H,(H,18,19). The summed E-state index contributed by atoms with van der Waals surface area (Å²) >= 11 is 0. The van der Waals surface area contributed by atoms with Gasteiger partial charge in [0.05, 0.1) is 0 Å². The lowest BCUT2D eigenvalue weighted by Crippen LogP contribution is -2.22. The molecule has 0 aliphatic carbocycles. The molecule has 3 nitrogen and oxygen atoms in total. The number of benzene rings is 2. The summed E-state index contributed by atoms with van der Waals surface area (Å²) in [7, 11) is 0. The Balaban J connectivity index is 2.36. The first-order chi connectivity index (χ1) is 9.09. The average molecular weight is 263 g/mol. The summed E-state index contributed by atoms with van der Waals surface area (Å²) < 4.78 is 26.8. The third-order valence-corrected chi connectivity index (χ3v) is 2.62. The van der Waals surface area contributed by atoms with Crippen molar-refractivity contribution in [1.82, 2.24) is 0 Å². The predicted octanol–water partition coefficient (Wildman–Crippen LogP) is 3.20. The Labute approximate surface area is 108 Å². The number of rotatable bonds is 4. The van der Waals surface area contributed by atoms with Crippen molar-refractivity contribution in [3.8, 4) is 0 Å². The van der Waals surface area contributed by atoms with Crippen LogP contribution in [-0.2, 0) is 4.79 Å². The molecular weight excluding hydrogens is 252 g/mol. The van der Waals surface area contributed by atoms with E-state index in [1.165, 1.54) is 12.1 Å². The molecule has 2 rings (SSSR count). The van der Waals surface area contributed by atoms with Gasteiger partial charge < -0.3 is 10.4 Å². The molecule has 2 N–H and O–H groups in total. The second kappa shape index (κ2) is 5.48. The molecule has 1 atom stereocenters. The molecule has 1 unspecified atom stereocenters. The molecule has 0 heterocycles. The van der Waals surface area contributed by atoms with Crippen molar-refractivity contribution < 1.29 is 18.7 Å².